The van der Waals surface area contributed by atoms with Crippen molar-refractivity contribution in [1.29, 1.82) is 0 Å². The van der Waals surface area contributed by atoms with E-state index in [-0.39, 0.29) is 18.7 Å². The van der Waals surface area contributed by atoms with E-state index in [9.17, 15) is 9.59 Å². The molecule has 1 atom stereocenters. The van der Waals surface area contributed by atoms with Gasteiger partial charge in [0, 0.05) is 13.0 Å². The fraction of sp³-hybridized carbons (Fsp3) is 0.467. The Hall–Kier alpha value is -2.02. The number of rotatable bonds is 9. The molecule has 1 amide bonds. The number of carbonyl (C=O) groups excluding carboxylic acids is 2. The molecule has 1 rings (SSSR count). The van der Waals surface area contributed by atoms with E-state index in [0.29, 0.717) is 31.6 Å². The molecule has 7 heteroatoms. The molecule has 0 heterocycles. The molecule has 2 N–H and O–H groups in total. The summed E-state index contributed by atoms with van der Waals surface area (Å²) in [6.45, 7) is 4.73. The quantitative estimate of drug-likeness (QED) is 0.410. The lowest BCUT2D eigenvalue weighted by Crippen LogP contribution is -2.28. The Morgan fingerprint density at radius 3 is 2.45 bits per heavy atom. The van der Waals surface area contributed by atoms with E-state index in [1.807, 2.05) is 0 Å². The van der Waals surface area contributed by atoms with E-state index in [1.54, 1.807) is 24.3 Å². The van der Waals surface area contributed by atoms with Crippen LogP contribution in [0.1, 0.15) is 33.1 Å². The predicted octanol–water partition coefficient (Wildman–Crippen LogP) is 1.44. The molecule has 119 valence electrons. The molecule has 1 radical (unpaired) electrons. The molecule has 1 aromatic rings. The van der Waals surface area contributed by atoms with Crippen LogP contribution in [0.3, 0.4) is 0 Å². The zero-order chi connectivity index (χ0) is 16.4. The summed E-state index contributed by atoms with van der Waals surface area (Å²) in [7, 11) is 0.568. The first-order valence-corrected chi connectivity index (χ1v) is 7.25. The fourth-order valence-electron chi connectivity index (χ4n) is 1.57. The minimum Gasteiger partial charge on any atom is -0.537 e. The predicted molar refractivity (Wildman–Crippen MR) is 82.4 cm³/mol. The molecule has 0 aromatic heterocycles. The maximum absolute atomic E-state index is 11.6. The second kappa shape index (κ2) is 9.84. The second-order valence-corrected chi connectivity index (χ2v) is 4.99. The first-order chi connectivity index (χ1) is 10.5. The lowest BCUT2D eigenvalue weighted by molar-refractivity contribution is -0.136. The van der Waals surface area contributed by atoms with Gasteiger partial charge in [0.05, 0.1) is 6.42 Å². The average molecular weight is 306 g/mol. The minimum atomic E-state index is -0.471. The summed E-state index contributed by atoms with van der Waals surface area (Å²) in [6, 6.07) is 6.18. The third-order valence-electron chi connectivity index (χ3n) is 3.15. The van der Waals surface area contributed by atoms with Gasteiger partial charge in [-0.2, -0.15) is 0 Å². The smallest absolute Gasteiger partial charge is 0.537 e. The maximum Gasteiger partial charge on any atom is 0.569 e. The fourth-order valence-corrected chi connectivity index (χ4v) is 1.57. The molecule has 22 heavy (non-hydrogen) atoms. The van der Waals surface area contributed by atoms with Crippen LogP contribution in [0.2, 0.25) is 0 Å². The summed E-state index contributed by atoms with van der Waals surface area (Å²) in [4.78, 5) is 23.2. The summed E-state index contributed by atoms with van der Waals surface area (Å²) in [5.74, 6) is 0.579. The van der Waals surface area contributed by atoms with Crippen LogP contribution in [-0.4, -0.2) is 31.1 Å². The van der Waals surface area contributed by atoms with E-state index < -0.39 is 5.97 Å². The molecule has 0 fully saturated rings. The zero-order valence-electron chi connectivity index (χ0n) is 12.9. The van der Waals surface area contributed by atoms with Crippen molar-refractivity contribution in [1.82, 2.24) is 5.32 Å². The standard InChI is InChI=1S/C15H21BNO5/c1-3-11(2)10-17-14(18)8-9-15(19)21-12-4-6-13(7-5-12)22-16-20/h4-7,11,20H,3,8-10H2,1-2H3,(H,17,18). The van der Waals surface area contributed by atoms with Gasteiger partial charge in [-0.05, 0) is 30.2 Å². The Labute approximate surface area is 131 Å². The Bertz CT molecular complexity index is 477. The molecular weight excluding hydrogens is 285 g/mol. The number of nitrogens with one attached hydrogen (secondary N) is 1. The molecule has 0 aliphatic heterocycles. The molecular formula is C15H21BNO5. The van der Waals surface area contributed by atoms with Crippen molar-refractivity contribution in [3.8, 4) is 11.5 Å². The molecule has 0 spiro atoms. The highest BCUT2D eigenvalue weighted by molar-refractivity contribution is 6.17. The van der Waals surface area contributed by atoms with Gasteiger partial charge < -0.3 is 19.7 Å². The monoisotopic (exact) mass is 306 g/mol. The molecule has 0 bridgehead atoms. The van der Waals surface area contributed by atoms with Crippen LogP contribution in [0.25, 0.3) is 0 Å². The van der Waals surface area contributed by atoms with Crippen molar-refractivity contribution in [2.45, 2.75) is 33.1 Å². The van der Waals surface area contributed by atoms with Crippen molar-refractivity contribution in [3.05, 3.63) is 24.3 Å². The second-order valence-electron chi connectivity index (χ2n) is 4.99. The Kier molecular flexibility index (Phi) is 8.06. The number of esters is 1. The molecule has 0 saturated carbocycles. The van der Waals surface area contributed by atoms with E-state index in [4.69, 9.17) is 14.4 Å². The third kappa shape index (κ3) is 7.13. The Morgan fingerprint density at radius 2 is 1.86 bits per heavy atom. The highest BCUT2D eigenvalue weighted by atomic mass is 16.5. The van der Waals surface area contributed by atoms with Crippen LogP contribution in [0.15, 0.2) is 24.3 Å². The van der Waals surface area contributed by atoms with Crippen molar-refractivity contribution in [2.24, 2.45) is 5.92 Å². The van der Waals surface area contributed by atoms with Gasteiger partial charge in [0.15, 0.2) is 0 Å². The topological polar surface area (TPSA) is 84.9 Å². The van der Waals surface area contributed by atoms with Crippen LogP contribution in [0.5, 0.6) is 11.5 Å². The van der Waals surface area contributed by atoms with Gasteiger partial charge in [-0.15, -0.1) is 0 Å². The van der Waals surface area contributed by atoms with E-state index in [1.165, 1.54) is 0 Å². The van der Waals surface area contributed by atoms with Gasteiger partial charge in [-0.25, -0.2) is 0 Å². The van der Waals surface area contributed by atoms with Crippen LogP contribution in [-0.2, 0) is 9.59 Å². The van der Waals surface area contributed by atoms with E-state index >= 15 is 0 Å². The van der Waals surface area contributed by atoms with Crippen molar-refractivity contribution < 1.29 is 24.0 Å². The van der Waals surface area contributed by atoms with E-state index in [0.717, 1.165) is 6.42 Å². The number of hydrogen-bond donors (Lipinski definition) is 2. The Balaban J connectivity index is 2.29. The van der Waals surface area contributed by atoms with Crippen LogP contribution >= 0.6 is 0 Å². The summed E-state index contributed by atoms with van der Waals surface area (Å²) in [5.41, 5.74) is 0. The van der Waals surface area contributed by atoms with Gasteiger partial charge in [0.25, 0.3) is 0 Å². The Morgan fingerprint density at radius 1 is 1.23 bits per heavy atom. The maximum atomic E-state index is 11.6. The lowest BCUT2D eigenvalue weighted by atomic mass is 10.1. The minimum absolute atomic E-state index is 0.0228. The number of hydrogen-bond acceptors (Lipinski definition) is 5. The summed E-state index contributed by atoms with van der Waals surface area (Å²) in [6.07, 6.45) is 1.13. The zero-order valence-corrected chi connectivity index (χ0v) is 12.9. The molecule has 0 aliphatic rings. The largest absolute Gasteiger partial charge is 0.569 e. The summed E-state index contributed by atoms with van der Waals surface area (Å²) >= 11 is 0. The first-order valence-electron chi connectivity index (χ1n) is 7.25. The number of carbonyl (C=O) groups is 2. The van der Waals surface area contributed by atoms with Gasteiger partial charge in [0.1, 0.15) is 11.5 Å². The SMILES string of the molecule is CCC(C)CNC(=O)CCC(=O)Oc1ccc(O[B]O)cc1. The summed E-state index contributed by atoms with van der Waals surface area (Å²) in [5, 5.41) is 11.3. The van der Waals surface area contributed by atoms with E-state index in [2.05, 4.69) is 19.2 Å². The highest BCUT2D eigenvalue weighted by Gasteiger charge is 2.10. The van der Waals surface area contributed by atoms with Crippen LogP contribution in [0, 0.1) is 5.92 Å². The summed E-state index contributed by atoms with van der Waals surface area (Å²) < 4.78 is 9.83. The van der Waals surface area contributed by atoms with Gasteiger partial charge in [-0.1, -0.05) is 20.3 Å². The van der Waals surface area contributed by atoms with Crippen LogP contribution in [0.4, 0.5) is 0 Å². The number of ether oxygens (including phenoxy) is 1. The molecule has 1 aromatic carbocycles. The van der Waals surface area contributed by atoms with Crippen molar-refractivity contribution >= 4 is 19.6 Å². The number of benzene rings is 1. The van der Waals surface area contributed by atoms with Gasteiger partial charge in [-0.3, -0.25) is 9.59 Å². The molecule has 6 nitrogen and oxygen atoms in total. The average Bonchev–Trinajstić information content (AvgIpc) is 2.52. The van der Waals surface area contributed by atoms with Gasteiger partial charge in [0.2, 0.25) is 5.91 Å². The number of amides is 1. The molecule has 0 aliphatic carbocycles. The van der Waals surface area contributed by atoms with Crippen molar-refractivity contribution in [2.75, 3.05) is 6.54 Å². The molecule has 1 unspecified atom stereocenters. The van der Waals surface area contributed by atoms with Gasteiger partial charge >= 0.3 is 13.7 Å². The van der Waals surface area contributed by atoms with Crippen LogP contribution < -0.4 is 14.7 Å². The normalized spacial score (nSPS) is 11.4. The lowest BCUT2D eigenvalue weighted by Gasteiger charge is -2.10. The highest BCUT2D eigenvalue weighted by Crippen LogP contribution is 2.17. The van der Waals surface area contributed by atoms with Crippen molar-refractivity contribution in [3.63, 3.8) is 0 Å². The molecule has 0 saturated heterocycles. The third-order valence-corrected chi connectivity index (χ3v) is 3.15. The first kappa shape index (κ1) is 18.0.